The van der Waals surface area contributed by atoms with Gasteiger partial charge >= 0.3 is 0 Å². The smallest absolute Gasteiger partial charge is 0.292 e. The first-order valence-electron chi connectivity index (χ1n) is 2.22. The number of hydrogen-bond donors (Lipinski definition) is 0. The topological polar surface area (TPSA) is 9.23 Å². The van der Waals surface area contributed by atoms with Crippen molar-refractivity contribution in [1.82, 2.24) is 0 Å². The predicted octanol–water partition coefficient (Wildman–Crippen LogP) is 0.696. The molecule has 0 aliphatic rings. The van der Waals surface area contributed by atoms with Crippen LogP contribution in [0, 0.1) is 0 Å². The molecule has 1 nitrogen and oxygen atoms in total. The standard InChI is InChI=1S/C3H7F3OSi/c1-8-7-3(6)2(4)5/h2-3H,8H2,1H3. The number of alkyl halides is 3. The van der Waals surface area contributed by atoms with E-state index in [-0.39, 0.29) is 0 Å². The SMILES string of the molecule is C[SiH2]OC(F)C(F)F. The third-order valence-electron chi connectivity index (χ3n) is 0.524. The molecule has 0 saturated carbocycles. The maximum absolute atomic E-state index is 11.6. The van der Waals surface area contributed by atoms with Crippen molar-refractivity contribution >= 4 is 9.76 Å². The lowest BCUT2D eigenvalue weighted by Crippen LogP contribution is -2.17. The molecular formula is C3H7F3OSi. The zero-order valence-electron chi connectivity index (χ0n) is 4.40. The van der Waals surface area contributed by atoms with Gasteiger partial charge in [-0.05, 0) is 0 Å². The Labute approximate surface area is 47.8 Å². The highest BCUT2D eigenvalue weighted by atomic mass is 28.2. The summed E-state index contributed by atoms with van der Waals surface area (Å²) in [6.07, 6.45) is -5.34. The fourth-order valence-corrected chi connectivity index (χ4v) is 0.696. The molecule has 0 spiro atoms. The van der Waals surface area contributed by atoms with Crippen molar-refractivity contribution in [3.8, 4) is 0 Å². The Balaban J connectivity index is 3.17. The molecule has 0 fully saturated rings. The summed E-state index contributed by atoms with van der Waals surface area (Å²) in [6.45, 7) is 1.59. The average molecular weight is 144 g/mol. The van der Waals surface area contributed by atoms with Crippen LogP contribution in [0.1, 0.15) is 0 Å². The summed E-state index contributed by atoms with van der Waals surface area (Å²) in [6, 6.07) is 0. The van der Waals surface area contributed by atoms with E-state index in [0.29, 0.717) is 0 Å². The van der Waals surface area contributed by atoms with Gasteiger partial charge in [0.05, 0.1) is 0 Å². The second-order valence-corrected chi connectivity index (χ2v) is 2.05. The fraction of sp³-hybridized carbons (Fsp3) is 1.00. The Morgan fingerprint density at radius 2 is 1.88 bits per heavy atom. The van der Waals surface area contributed by atoms with Gasteiger partial charge in [0.2, 0.25) is 0 Å². The summed E-state index contributed by atoms with van der Waals surface area (Å²) < 4.78 is 37.9. The van der Waals surface area contributed by atoms with E-state index < -0.39 is 22.5 Å². The van der Waals surface area contributed by atoms with E-state index in [2.05, 4.69) is 4.43 Å². The molecule has 0 aliphatic carbocycles. The summed E-state index contributed by atoms with van der Waals surface area (Å²) in [5.41, 5.74) is 0. The number of halogens is 3. The van der Waals surface area contributed by atoms with Crippen molar-refractivity contribution in [2.45, 2.75) is 19.3 Å². The molecule has 0 rings (SSSR count). The van der Waals surface area contributed by atoms with Crippen LogP contribution in [-0.2, 0) is 4.43 Å². The Hall–Kier alpha value is -0.0331. The summed E-state index contributed by atoms with van der Waals surface area (Å²) in [5, 5.41) is 0. The average Bonchev–Trinajstić information content (AvgIpc) is 1.67. The molecule has 0 N–H and O–H groups in total. The highest BCUT2D eigenvalue weighted by Crippen LogP contribution is 2.04. The molecule has 1 atom stereocenters. The quantitative estimate of drug-likeness (QED) is 0.530. The molecular weight excluding hydrogens is 137 g/mol. The van der Waals surface area contributed by atoms with E-state index in [1.807, 2.05) is 0 Å². The van der Waals surface area contributed by atoms with E-state index in [9.17, 15) is 13.2 Å². The normalized spacial score (nSPS) is 16.1. The molecule has 0 bridgehead atoms. The lowest BCUT2D eigenvalue weighted by atomic mass is 10.7. The lowest BCUT2D eigenvalue weighted by molar-refractivity contribution is -0.0657. The molecule has 5 heteroatoms. The first kappa shape index (κ1) is 7.97. The molecule has 0 radical (unpaired) electrons. The van der Waals surface area contributed by atoms with E-state index in [1.54, 1.807) is 6.55 Å². The van der Waals surface area contributed by atoms with Gasteiger partial charge in [0.25, 0.3) is 12.8 Å². The maximum Gasteiger partial charge on any atom is 0.292 e. The molecule has 0 aromatic carbocycles. The van der Waals surface area contributed by atoms with Gasteiger partial charge in [0.15, 0.2) is 9.76 Å². The van der Waals surface area contributed by atoms with Gasteiger partial charge in [0.1, 0.15) is 0 Å². The minimum Gasteiger partial charge on any atom is -0.392 e. The molecule has 0 aromatic heterocycles. The fourth-order valence-electron chi connectivity index (χ4n) is 0.232. The van der Waals surface area contributed by atoms with Crippen molar-refractivity contribution in [1.29, 1.82) is 0 Å². The minimum absolute atomic E-state index is 1.03. The second kappa shape index (κ2) is 3.91. The van der Waals surface area contributed by atoms with Crippen molar-refractivity contribution in [2.75, 3.05) is 0 Å². The molecule has 0 amide bonds. The third-order valence-corrected chi connectivity index (χ3v) is 1.18. The van der Waals surface area contributed by atoms with Gasteiger partial charge in [-0.2, -0.15) is 0 Å². The number of hydrogen-bond acceptors (Lipinski definition) is 1. The van der Waals surface area contributed by atoms with Crippen molar-refractivity contribution in [2.24, 2.45) is 0 Å². The van der Waals surface area contributed by atoms with Gasteiger partial charge in [-0.3, -0.25) is 0 Å². The van der Waals surface area contributed by atoms with Crippen LogP contribution in [0.4, 0.5) is 13.2 Å². The zero-order chi connectivity index (χ0) is 6.57. The van der Waals surface area contributed by atoms with Crippen LogP contribution in [-0.4, -0.2) is 22.5 Å². The van der Waals surface area contributed by atoms with Crippen LogP contribution >= 0.6 is 0 Å². The third kappa shape index (κ3) is 3.03. The van der Waals surface area contributed by atoms with E-state index in [1.165, 1.54) is 0 Å². The highest BCUT2D eigenvalue weighted by Gasteiger charge is 2.17. The predicted molar refractivity (Wildman–Crippen MR) is 26.4 cm³/mol. The zero-order valence-corrected chi connectivity index (χ0v) is 5.82. The Kier molecular flexibility index (Phi) is 3.89. The highest BCUT2D eigenvalue weighted by molar-refractivity contribution is 6.24. The number of rotatable bonds is 3. The van der Waals surface area contributed by atoms with Crippen LogP contribution in [0.15, 0.2) is 0 Å². The summed E-state index contributed by atoms with van der Waals surface area (Å²) in [7, 11) is -1.03. The Morgan fingerprint density at radius 3 is 2.00 bits per heavy atom. The van der Waals surface area contributed by atoms with Gasteiger partial charge in [0, 0.05) is 0 Å². The van der Waals surface area contributed by atoms with Crippen LogP contribution < -0.4 is 0 Å². The first-order chi connectivity index (χ1) is 3.68. The largest absolute Gasteiger partial charge is 0.392 e. The first-order valence-corrected chi connectivity index (χ1v) is 4.21. The van der Waals surface area contributed by atoms with Crippen molar-refractivity contribution in [3.05, 3.63) is 0 Å². The summed E-state index contributed by atoms with van der Waals surface area (Å²) in [4.78, 5) is 0. The molecule has 0 saturated heterocycles. The monoisotopic (exact) mass is 144 g/mol. The Morgan fingerprint density at radius 1 is 1.38 bits per heavy atom. The van der Waals surface area contributed by atoms with Crippen LogP contribution in [0.2, 0.25) is 6.55 Å². The van der Waals surface area contributed by atoms with Crippen LogP contribution in [0.3, 0.4) is 0 Å². The summed E-state index contributed by atoms with van der Waals surface area (Å²) in [5.74, 6) is 0. The van der Waals surface area contributed by atoms with Crippen molar-refractivity contribution < 1.29 is 17.6 Å². The van der Waals surface area contributed by atoms with E-state index in [4.69, 9.17) is 0 Å². The van der Waals surface area contributed by atoms with E-state index in [0.717, 1.165) is 0 Å². The van der Waals surface area contributed by atoms with Gasteiger partial charge in [-0.15, -0.1) is 0 Å². The summed E-state index contributed by atoms with van der Waals surface area (Å²) >= 11 is 0. The maximum atomic E-state index is 11.6. The van der Waals surface area contributed by atoms with Crippen LogP contribution in [0.5, 0.6) is 0 Å². The van der Waals surface area contributed by atoms with Crippen molar-refractivity contribution in [3.63, 3.8) is 0 Å². The molecule has 50 valence electrons. The van der Waals surface area contributed by atoms with E-state index >= 15 is 0 Å². The Bertz CT molecular complexity index is 60.5. The second-order valence-electron chi connectivity index (χ2n) is 1.14. The van der Waals surface area contributed by atoms with Gasteiger partial charge in [-0.1, -0.05) is 6.55 Å². The van der Waals surface area contributed by atoms with Gasteiger partial charge < -0.3 is 4.43 Å². The molecule has 0 aromatic rings. The molecule has 0 heterocycles. The molecule has 0 aliphatic heterocycles. The molecule has 8 heavy (non-hydrogen) atoms. The minimum atomic E-state index is -2.98. The van der Waals surface area contributed by atoms with Crippen LogP contribution in [0.25, 0.3) is 0 Å². The van der Waals surface area contributed by atoms with Gasteiger partial charge in [-0.25, -0.2) is 13.2 Å². The molecule has 1 unspecified atom stereocenters. The lowest BCUT2D eigenvalue weighted by Gasteiger charge is -2.04.